The van der Waals surface area contributed by atoms with Crippen molar-refractivity contribution in [2.24, 2.45) is 0 Å². The van der Waals surface area contributed by atoms with E-state index in [4.69, 9.17) is 0 Å². The van der Waals surface area contributed by atoms with Gasteiger partial charge in [-0.3, -0.25) is 14.5 Å². The molecule has 0 bridgehead atoms. The van der Waals surface area contributed by atoms with E-state index in [1.54, 1.807) is 18.2 Å². The lowest BCUT2D eigenvalue weighted by molar-refractivity contribution is -0.137. The summed E-state index contributed by atoms with van der Waals surface area (Å²) in [5.41, 5.74) is 2.72. The first-order valence-electron chi connectivity index (χ1n) is 10.0. The van der Waals surface area contributed by atoms with Crippen molar-refractivity contribution in [3.63, 3.8) is 0 Å². The standard InChI is InChI=1S/C25H23FN2O2S/c1-25(2,3)17-10-12-18(13-11-17)27-22-21(20-9-6-14-31-20)23(29)28(24(22)30)15-16-7-4-5-8-19(16)26/h4-14,27H,15H2,1-3H3. The van der Waals surface area contributed by atoms with Crippen LogP contribution in [0.1, 0.15) is 36.8 Å². The van der Waals surface area contributed by atoms with Gasteiger partial charge in [0.1, 0.15) is 11.5 Å². The zero-order valence-electron chi connectivity index (χ0n) is 17.6. The molecule has 0 saturated carbocycles. The van der Waals surface area contributed by atoms with E-state index in [0.29, 0.717) is 21.7 Å². The number of nitrogens with zero attached hydrogens (tertiary/aromatic N) is 1. The van der Waals surface area contributed by atoms with E-state index in [9.17, 15) is 14.0 Å². The minimum atomic E-state index is -0.462. The van der Waals surface area contributed by atoms with E-state index in [1.165, 1.54) is 23.0 Å². The summed E-state index contributed by atoms with van der Waals surface area (Å²) in [7, 11) is 0. The number of amides is 2. The molecular formula is C25H23FN2O2S. The van der Waals surface area contributed by atoms with Gasteiger partial charge in [0.2, 0.25) is 0 Å². The minimum absolute atomic E-state index is 0.00955. The highest BCUT2D eigenvalue weighted by atomic mass is 32.1. The zero-order chi connectivity index (χ0) is 22.2. The van der Waals surface area contributed by atoms with Gasteiger partial charge in [-0.15, -0.1) is 11.3 Å². The Kier molecular flexibility index (Phi) is 5.50. The molecule has 1 aromatic heterocycles. The number of anilines is 1. The molecule has 2 heterocycles. The number of rotatable bonds is 5. The predicted molar refractivity (Wildman–Crippen MR) is 122 cm³/mol. The van der Waals surface area contributed by atoms with Crippen LogP contribution in [0.4, 0.5) is 10.1 Å². The molecule has 158 valence electrons. The monoisotopic (exact) mass is 434 g/mol. The van der Waals surface area contributed by atoms with Crippen LogP contribution >= 0.6 is 11.3 Å². The maximum atomic E-state index is 14.2. The molecule has 4 rings (SSSR count). The molecule has 0 fully saturated rings. The molecule has 0 saturated heterocycles. The van der Waals surface area contributed by atoms with E-state index < -0.39 is 17.6 Å². The molecular weight excluding hydrogens is 411 g/mol. The SMILES string of the molecule is CC(C)(C)c1ccc(NC2=C(c3cccs3)C(=O)N(Cc3ccccc3F)C2=O)cc1. The largest absolute Gasteiger partial charge is 0.350 e. The molecule has 1 aliphatic rings. The molecule has 1 N–H and O–H groups in total. The van der Waals surface area contributed by atoms with Gasteiger partial charge in [0.25, 0.3) is 11.8 Å². The van der Waals surface area contributed by atoms with Gasteiger partial charge >= 0.3 is 0 Å². The van der Waals surface area contributed by atoms with Crippen LogP contribution in [0.2, 0.25) is 0 Å². The van der Waals surface area contributed by atoms with Gasteiger partial charge in [-0.2, -0.15) is 0 Å². The molecule has 4 nitrogen and oxygen atoms in total. The fraction of sp³-hybridized carbons (Fsp3) is 0.200. The van der Waals surface area contributed by atoms with Crippen molar-refractivity contribution in [1.29, 1.82) is 0 Å². The second-order valence-electron chi connectivity index (χ2n) is 8.47. The third-order valence-corrected chi connectivity index (χ3v) is 6.13. The zero-order valence-corrected chi connectivity index (χ0v) is 18.4. The summed E-state index contributed by atoms with van der Waals surface area (Å²) in [6.45, 7) is 6.28. The highest BCUT2D eigenvalue weighted by Gasteiger charge is 2.40. The van der Waals surface area contributed by atoms with Crippen LogP contribution in [-0.4, -0.2) is 16.7 Å². The normalized spacial score (nSPS) is 14.5. The first-order valence-corrected chi connectivity index (χ1v) is 10.9. The average molecular weight is 435 g/mol. The van der Waals surface area contributed by atoms with Gasteiger partial charge in [0.05, 0.1) is 12.1 Å². The van der Waals surface area contributed by atoms with Crippen molar-refractivity contribution in [2.45, 2.75) is 32.7 Å². The third kappa shape index (κ3) is 4.16. The number of hydrogen-bond donors (Lipinski definition) is 1. The lowest BCUT2D eigenvalue weighted by atomic mass is 9.87. The van der Waals surface area contributed by atoms with Crippen molar-refractivity contribution in [1.82, 2.24) is 4.90 Å². The number of halogens is 1. The van der Waals surface area contributed by atoms with Gasteiger partial charge < -0.3 is 5.32 Å². The number of hydrogen-bond acceptors (Lipinski definition) is 4. The average Bonchev–Trinajstić information content (AvgIpc) is 3.32. The second kappa shape index (κ2) is 8.12. The number of imide groups is 1. The van der Waals surface area contributed by atoms with Crippen molar-refractivity contribution >= 4 is 34.4 Å². The summed E-state index contributed by atoms with van der Waals surface area (Å²) >= 11 is 1.39. The lowest BCUT2D eigenvalue weighted by Crippen LogP contribution is -2.32. The topological polar surface area (TPSA) is 49.4 Å². The van der Waals surface area contributed by atoms with Gasteiger partial charge in [-0.05, 0) is 40.6 Å². The van der Waals surface area contributed by atoms with Gasteiger partial charge in [0.15, 0.2) is 0 Å². The molecule has 0 spiro atoms. The Morgan fingerprint density at radius 1 is 0.935 bits per heavy atom. The van der Waals surface area contributed by atoms with Crippen LogP contribution in [0.25, 0.3) is 5.57 Å². The summed E-state index contributed by atoms with van der Waals surface area (Å²) in [6.07, 6.45) is 0. The highest BCUT2D eigenvalue weighted by molar-refractivity contribution is 7.11. The van der Waals surface area contributed by atoms with E-state index in [2.05, 4.69) is 26.1 Å². The number of carbonyl (C=O) groups excluding carboxylic acids is 2. The molecule has 1 aliphatic heterocycles. The summed E-state index contributed by atoms with van der Waals surface area (Å²) in [5.74, 6) is -1.33. The molecule has 0 atom stereocenters. The molecule has 2 aromatic carbocycles. The Hall–Kier alpha value is -3.25. The molecule has 2 amide bonds. The Bertz CT molecular complexity index is 1160. The molecule has 0 unspecified atom stereocenters. The Morgan fingerprint density at radius 2 is 1.65 bits per heavy atom. The molecule has 31 heavy (non-hydrogen) atoms. The maximum Gasteiger partial charge on any atom is 0.278 e. The van der Waals surface area contributed by atoms with E-state index in [1.807, 2.05) is 41.8 Å². The summed E-state index contributed by atoms with van der Waals surface area (Å²) < 4.78 is 14.2. The molecule has 6 heteroatoms. The maximum absolute atomic E-state index is 14.2. The van der Waals surface area contributed by atoms with Crippen molar-refractivity contribution in [3.05, 3.63) is 93.6 Å². The van der Waals surface area contributed by atoms with Gasteiger partial charge in [0, 0.05) is 16.1 Å². The van der Waals surface area contributed by atoms with Crippen LogP contribution in [0, 0.1) is 5.82 Å². The summed E-state index contributed by atoms with van der Waals surface area (Å²) in [4.78, 5) is 28.2. The van der Waals surface area contributed by atoms with Gasteiger partial charge in [-0.1, -0.05) is 57.2 Å². The second-order valence-corrected chi connectivity index (χ2v) is 9.42. The van der Waals surface area contributed by atoms with Gasteiger partial charge in [-0.25, -0.2) is 4.39 Å². The number of thiophene rings is 1. The number of carbonyl (C=O) groups is 2. The van der Waals surface area contributed by atoms with E-state index in [-0.39, 0.29) is 17.7 Å². The molecule has 3 aromatic rings. The minimum Gasteiger partial charge on any atom is -0.350 e. The fourth-order valence-electron chi connectivity index (χ4n) is 3.48. The summed E-state index contributed by atoms with van der Waals surface area (Å²) in [5, 5.41) is 5.01. The Labute approximate surface area is 185 Å². The van der Waals surface area contributed by atoms with Crippen molar-refractivity contribution < 1.29 is 14.0 Å². The van der Waals surface area contributed by atoms with Crippen LogP contribution < -0.4 is 5.32 Å². The van der Waals surface area contributed by atoms with Crippen molar-refractivity contribution in [3.8, 4) is 0 Å². The highest BCUT2D eigenvalue weighted by Crippen LogP contribution is 2.34. The number of benzene rings is 2. The fourth-order valence-corrected chi connectivity index (χ4v) is 4.25. The first-order chi connectivity index (χ1) is 14.8. The smallest absolute Gasteiger partial charge is 0.278 e. The molecule has 0 aliphatic carbocycles. The predicted octanol–water partition coefficient (Wildman–Crippen LogP) is 5.58. The lowest BCUT2D eigenvalue weighted by Gasteiger charge is -2.19. The quantitative estimate of drug-likeness (QED) is 0.534. The van der Waals surface area contributed by atoms with Crippen LogP contribution in [-0.2, 0) is 21.5 Å². The number of nitrogens with one attached hydrogen (secondary N) is 1. The summed E-state index contributed by atoms with van der Waals surface area (Å²) in [6, 6.07) is 17.6. The van der Waals surface area contributed by atoms with E-state index in [0.717, 1.165) is 4.90 Å². The Morgan fingerprint density at radius 3 is 2.26 bits per heavy atom. The van der Waals surface area contributed by atoms with E-state index >= 15 is 0 Å². The Balaban J connectivity index is 1.68. The van der Waals surface area contributed by atoms with Crippen LogP contribution in [0.3, 0.4) is 0 Å². The van der Waals surface area contributed by atoms with Crippen LogP contribution in [0.5, 0.6) is 0 Å². The molecule has 0 radical (unpaired) electrons. The van der Waals surface area contributed by atoms with Crippen LogP contribution in [0.15, 0.2) is 71.7 Å². The van der Waals surface area contributed by atoms with Crippen molar-refractivity contribution in [2.75, 3.05) is 5.32 Å². The third-order valence-electron chi connectivity index (χ3n) is 5.24. The first kappa shape index (κ1) is 21.0.